The molecule has 4 nitrogen and oxygen atoms in total. The first-order chi connectivity index (χ1) is 7.82. The Kier molecular flexibility index (Phi) is 4.80. The van der Waals surface area contributed by atoms with Crippen LogP contribution in [0.4, 0.5) is 0 Å². The molecule has 0 aliphatic heterocycles. The molecule has 1 unspecified atom stereocenters. The highest BCUT2D eigenvalue weighted by atomic mass is 35.5. The van der Waals surface area contributed by atoms with Crippen molar-refractivity contribution in [1.82, 2.24) is 4.90 Å². The molecule has 1 heterocycles. The van der Waals surface area contributed by atoms with Gasteiger partial charge in [0.25, 0.3) is 5.91 Å². The molecule has 1 aromatic rings. The quantitative estimate of drug-likeness (QED) is 0.929. The van der Waals surface area contributed by atoms with Crippen LogP contribution in [0, 0.1) is 5.92 Å². The predicted octanol–water partition coefficient (Wildman–Crippen LogP) is 2.85. The molecule has 0 spiro atoms. The number of carbonyl (C=O) groups excluding carboxylic acids is 1. The van der Waals surface area contributed by atoms with E-state index in [-0.39, 0.29) is 12.5 Å². The van der Waals surface area contributed by atoms with Gasteiger partial charge in [-0.1, -0.05) is 30.1 Å². The van der Waals surface area contributed by atoms with Crippen molar-refractivity contribution < 1.29 is 14.7 Å². The van der Waals surface area contributed by atoms with E-state index in [1.54, 1.807) is 0 Å². The van der Waals surface area contributed by atoms with E-state index >= 15 is 0 Å². The fourth-order valence-corrected chi connectivity index (χ4v) is 2.71. The summed E-state index contributed by atoms with van der Waals surface area (Å²) in [5.41, 5.74) is 0.307. The van der Waals surface area contributed by atoms with Gasteiger partial charge in [0.1, 0.15) is 4.34 Å². The fourth-order valence-electron chi connectivity index (χ4n) is 1.26. The number of hydrogen-bond donors (Lipinski definition) is 1. The molecular weight excluding hydrogens is 285 g/mol. The number of rotatable bonds is 4. The number of thiophene rings is 1. The largest absolute Gasteiger partial charge is 0.481 e. The summed E-state index contributed by atoms with van der Waals surface area (Å²) in [6.45, 7) is 1.66. The van der Waals surface area contributed by atoms with Crippen molar-refractivity contribution in [2.45, 2.75) is 6.92 Å². The third-order valence-electron chi connectivity index (χ3n) is 2.20. The molecule has 0 radical (unpaired) electrons. The Hall–Kier alpha value is -0.780. The summed E-state index contributed by atoms with van der Waals surface area (Å²) in [5, 5.41) is 8.76. The van der Waals surface area contributed by atoms with Gasteiger partial charge < -0.3 is 10.0 Å². The standard InChI is InChI=1S/C10H11Cl2NO3S/c1-5(10(15)16)4-13(2)9(14)6-3-7(11)17-8(6)12/h3,5H,4H2,1-2H3,(H,15,16). The van der Waals surface area contributed by atoms with Crippen molar-refractivity contribution in [3.63, 3.8) is 0 Å². The van der Waals surface area contributed by atoms with Gasteiger partial charge in [0.2, 0.25) is 0 Å². The zero-order chi connectivity index (χ0) is 13.2. The van der Waals surface area contributed by atoms with E-state index in [0.29, 0.717) is 14.2 Å². The number of carboxylic acids is 1. The lowest BCUT2D eigenvalue weighted by Gasteiger charge is -2.19. The van der Waals surface area contributed by atoms with Crippen LogP contribution in [0.3, 0.4) is 0 Å². The molecule has 94 valence electrons. The summed E-state index contributed by atoms with van der Waals surface area (Å²) in [6, 6.07) is 1.48. The molecular formula is C10H11Cl2NO3S. The molecule has 0 fully saturated rings. The Morgan fingerprint density at radius 2 is 2.12 bits per heavy atom. The average molecular weight is 296 g/mol. The summed E-state index contributed by atoms with van der Waals surface area (Å²) >= 11 is 12.7. The van der Waals surface area contributed by atoms with E-state index < -0.39 is 11.9 Å². The first kappa shape index (κ1) is 14.3. The van der Waals surface area contributed by atoms with Crippen molar-refractivity contribution >= 4 is 46.4 Å². The van der Waals surface area contributed by atoms with Gasteiger partial charge >= 0.3 is 5.97 Å². The van der Waals surface area contributed by atoms with Crippen LogP contribution in [0.5, 0.6) is 0 Å². The molecule has 17 heavy (non-hydrogen) atoms. The summed E-state index contributed by atoms with van der Waals surface area (Å²) in [5.74, 6) is -1.90. The Morgan fingerprint density at radius 1 is 1.53 bits per heavy atom. The topological polar surface area (TPSA) is 57.6 Å². The smallest absolute Gasteiger partial charge is 0.308 e. The normalized spacial score (nSPS) is 12.2. The number of aliphatic carboxylic acids is 1. The van der Waals surface area contributed by atoms with Gasteiger partial charge in [-0.25, -0.2) is 0 Å². The van der Waals surface area contributed by atoms with Crippen LogP contribution in [-0.4, -0.2) is 35.5 Å². The van der Waals surface area contributed by atoms with E-state index in [0.717, 1.165) is 11.3 Å². The number of amides is 1. The minimum absolute atomic E-state index is 0.123. The van der Waals surface area contributed by atoms with Gasteiger partial charge in [-0.3, -0.25) is 9.59 Å². The Balaban J connectivity index is 2.77. The van der Waals surface area contributed by atoms with Gasteiger partial charge in [0, 0.05) is 13.6 Å². The van der Waals surface area contributed by atoms with Gasteiger partial charge in [0.15, 0.2) is 0 Å². The number of nitrogens with zero attached hydrogens (tertiary/aromatic N) is 1. The van der Waals surface area contributed by atoms with Gasteiger partial charge in [-0.2, -0.15) is 0 Å². The van der Waals surface area contributed by atoms with Crippen LogP contribution in [0.1, 0.15) is 17.3 Å². The summed E-state index contributed by atoms with van der Waals surface area (Å²) in [4.78, 5) is 23.9. The molecule has 0 saturated carbocycles. The predicted molar refractivity (Wildman–Crippen MR) is 68.1 cm³/mol. The second-order valence-corrected chi connectivity index (χ2v) is 5.95. The van der Waals surface area contributed by atoms with Crippen LogP contribution in [-0.2, 0) is 4.79 Å². The van der Waals surface area contributed by atoms with Gasteiger partial charge in [-0.05, 0) is 6.07 Å². The summed E-state index contributed by atoms with van der Waals surface area (Å²) in [7, 11) is 1.53. The minimum atomic E-state index is -0.945. The number of carbonyl (C=O) groups is 2. The van der Waals surface area contributed by atoms with Crippen molar-refractivity contribution in [2.24, 2.45) is 5.92 Å². The van der Waals surface area contributed by atoms with E-state index in [1.807, 2.05) is 0 Å². The first-order valence-electron chi connectivity index (χ1n) is 4.76. The summed E-state index contributed by atoms with van der Waals surface area (Å²) < 4.78 is 0.743. The fraction of sp³-hybridized carbons (Fsp3) is 0.400. The van der Waals surface area contributed by atoms with E-state index in [9.17, 15) is 9.59 Å². The number of hydrogen-bond acceptors (Lipinski definition) is 3. The van der Waals surface area contributed by atoms with Crippen LogP contribution in [0.15, 0.2) is 6.07 Å². The maximum absolute atomic E-state index is 11.9. The number of halogens is 2. The molecule has 1 amide bonds. The SMILES string of the molecule is CC(CN(C)C(=O)c1cc(Cl)sc1Cl)C(=O)O. The monoisotopic (exact) mass is 295 g/mol. The van der Waals surface area contributed by atoms with Crippen LogP contribution in [0.2, 0.25) is 8.67 Å². The Labute approximate surface area is 113 Å². The minimum Gasteiger partial charge on any atom is -0.481 e. The van der Waals surface area contributed by atoms with Crippen LogP contribution in [0.25, 0.3) is 0 Å². The van der Waals surface area contributed by atoms with Crippen molar-refractivity contribution in [2.75, 3.05) is 13.6 Å². The van der Waals surface area contributed by atoms with Crippen LogP contribution < -0.4 is 0 Å². The summed E-state index contributed by atoms with van der Waals surface area (Å²) in [6.07, 6.45) is 0. The molecule has 7 heteroatoms. The molecule has 1 N–H and O–H groups in total. The average Bonchev–Trinajstić information content (AvgIpc) is 2.56. The van der Waals surface area contributed by atoms with E-state index in [4.69, 9.17) is 28.3 Å². The molecule has 0 aliphatic carbocycles. The highest BCUT2D eigenvalue weighted by Crippen LogP contribution is 2.31. The molecule has 1 rings (SSSR count). The second-order valence-electron chi connectivity index (χ2n) is 3.66. The third-order valence-corrected chi connectivity index (χ3v) is 3.69. The van der Waals surface area contributed by atoms with E-state index in [2.05, 4.69) is 0 Å². The van der Waals surface area contributed by atoms with Crippen molar-refractivity contribution in [3.8, 4) is 0 Å². The highest BCUT2D eigenvalue weighted by Gasteiger charge is 2.21. The zero-order valence-electron chi connectivity index (χ0n) is 9.24. The van der Waals surface area contributed by atoms with Crippen molar-refractivity contribution in [3.05, 3.63) is 20.3 Å². The lowest BCUT2D eigenvalue weighted by atomic mass is 10.1. The first-order valence-corrected chi connectivity index (χ1v) is 6.33. The van der Waals surface area contributed by atoms with Gasteiger partial charge in [-0.15, -0.1) is 11.3 Å². The number of carboxylic acid groups (broad SMARTS) is 1. The Bertz CT molecular complexity index is 447. The second kappa shape index (κ2) is 5.71. The molecule has 1 aromatic heterocycles. The molecule has 0 aromatic carbocycles. The van der Waals surface area contributed by atoms with Crippen molar-refractivity contribution in [1.29, 1.82) is 0 Å². The van der Waals surface area contributed by atoms with Gasteiger partial charge in [0.05, 0.1) is 15.8 Å². The lowest BCUT2D eigenvalue weighted by molar-refractivity contribution is -0.141. The third kappa shape index (κ3) is 3.59. The maximum Gasteiger partial charge on any atom is 0.308 e. The lowest BCUT2D eigenvalue weighted by Crippen LogP contribution is -2.33. The highest BCUT2D eigenvalue weighted by molar-refractivity contribution is 7.20. The van der Waals surface area contributed by atoms with Crippen LogP contribution >= 0.6 is 34.5 Å². The zero-order valence-corrected chi connectivity index (χ0v) is 11.6. The molecule has 1 atom stereocenters. The molecule has 0 aliphatic rings. The molecule has 0 saturated heterocycles. The van der Waals surface area contributed by atoms with E-state index in [1.165, 1.54) is 24.9 Å². The molecule has 0 bridgehead atoms. The maximum atomic E-state index is 11.9. The Morgan fingerprint density at radius 3 is 2.53 bits per heavy atom.